The van der Waals surface area contributed by atoms with E-state index in [1.807, 2.05) is 13.8 Å². The molecule has 0 aromatic heterocycles. The molecule has 1 aromatic carbocycles. The lowest BCUT2D eigenvalue weighted by Crippen LogP contribution is -2.09. The molecule has 0 unspecified atom stereocenters. The molecule has 118 valence electrons. The molecule has 21 heavy (non-hydrogen) atoms. The summed E-state index contributed by atoms with van der Waals surface area (Å²) in [6.07, 6.45) is 0.109. The molecule has 6 nitrogen and oxygen atoms in total. The molecule has 0 heterocycles. The zero-order valence-electron chi connectivity index (χ0n) is 12.9. The highest BCUT2D eigenvalue weighted by Gasteiger charge is 2.24. The van der Waals surface area contributed by atoms with Gasteiger partial charge in [0.15, 0.2) is 23.0 Å². The molecule has 1 aromatic rings. The molecule has 2 N–H and O–H groups in total. The van der Waals surface area contributed by atoms with E-state index < -0.39 is 6.16 Å². The van der Waals surface area contributed by atoms with Gasteiger partial charge in [-0.25, -0.2) is 4.79 Å². The fourth-order valence-corrected chi connectivity index (χ4v) is 1.87. The minimum absolute atomic E-state index is 0.116. The van der Waals surface area contributed by atoms with E-state index in [2.05, 4.69) is 4.74 Å². The molecule has 0 spiro atoms. The van der Waals surface area contributed by atoms with Crippen molar-refractivity contribution >= 4 is 6.16 Å². The van der Waals surface area contributed by atoms with Crippen molar-refractivity contribution in [1.82, 2.24) is 0 Å². The number of benzene rings is 1. The van der Waals surface area contributed by atoms with Gasteiger partial charge < -0.3 is 24.4 Å². The summed E-state index contributed by atoms with van der Waals surface area (Å²) in [5, 5.41) is 18.9. The fourth-order valence-electron chi connectivity index (χ4n) is 1.87. The standard InChI is InChI=1S/C15H22O6/c1-5-7-19-13-9(3)11(16)12(21-15(17)18)10(4)14(13)20-8-6-2/h16H,5-8H2,1-4H3,(H,17,18). The predicted octanol–water partition coefficient (Wildman–Crippen LogP) is 3.64. The first-order chi connectivity index (χ1) is 9.93. The normalized spacial score (nSPS) is 10.3. The van der Waals surface area contributed by atoms with Crippen molar-refractivity contribution in [3.05, 3.63) is 11.1 Å². The molecule has 6 heteroatoms. The lowest BCUT2D eigenvalue weighted by molar-refractivity contribution is 0.142. The molecular weight excluding hydrogens is 276 g/mol. The molecule has 0 aliphatic carbocycles. The largest absolute Gasteiger partial charge is 0.511 e. The summed E-state index contributed by atoms with van der Waals surface area (Å²) in [5.74, 6) is 0.481. The van der Waals surface area contributed by atoms with Crippen LogP contribution in [0.2, 0.25) is 0 Å². The summed E-state index contributed by atoms with van der Waals surface area (Å²) in [4.78, 5) is 10.8. The molecule has 1 rings (SSSR count). The van der Waals surface area contributed by atoms with Gasteiger partial charge in [0.05, 0.1) is 13.2 Å². The van der Waals surface area contributed by atoms with Crippen molar-refractivity contribution in [1.29, 1.82) is 0 Å². The average molecular weight is 298 g/mol. The lowest BCUT2D eigenvalue weighted by atomic mass is 10.1. The molecule has 0 bridgehead atoms. The second-order valence-electron chi connectivity index (χ2n) is 4.65. The van der Waals surface area contributed by atoms with Crippen molar-refractivity contribution in [3.8, 4) is 23.0 Å². The van der Waals surface area contributed by atoms with E-state index in [1.165, 1.54) is 0 Å². The van der Waals surface area contributed by atoms with Gasteiger partial charge in [0, 0.05) is 11.1 Å². The maximum Gasteiger partial charge on any atom is 0.511 e. The summed E-state index contributed by atoms with van der Waals surface area (Å²) in [5.41, 5.74) is 0.802. The zero-order chi connectivity index (χ0) is 16.0. The van der Waals surface area contributed by atoms with Crippen LogP contribution < -0.4 is 14.2 Å². The molecule has 0 aliphatic rings. The Morgan fingerprint density at radius 3 is 1.86 bits per heavy atom. The second-order valence-corrected chi connectivity index (χ2v) is 4.65. The Kier molecular flexibility index (Phi) is 6.14. The number of aromatic hydroxyl groups is 1. The Hall–Kier alpha value is -2.11. The summed E-state index contributed by atoms with van der Waals surface area (Å²) in [6, 6.07) is 0. The van der Waals surface area contributed by atoms with Crippen molar-refractivity contribution in [2.24, 2.45) is 0 Å². The van der Waals surface area contributed by atoms with Crippen LogP contribution in [0.5, 0.6) is 23.0 Å². The number of hydrogen-bond donors (Lipinski definition) is 2. The van der Waals surface area contributed by atoms with E-state index in [9.17, 15) is 9.90 Å². The number of rotatable bonds is 7. The van der Waals surface area contributed by atoms with Gasteiger partial charge in [-0.15, -0.1) is 0 Å². The minimum Gasteiger partial charge on any atom is -0.504 e. The Bertz CT molecular complexity index is 510. The highest BCUT2D eigenvalue weighted by Crippen LogP contribution is 2.47. The van der Waals surface area contributed by atoms with Gasteiger partial charge >= 0.3 is 6.16 Å². The van der Waals surface area contributed by atoms with Crippen LogP contribution in [0.1, 0.15) is 37.8 Å². The van der Waals surface area contributed by atoms with Crippen LogP contribution in [-0.4, -0.2) is 29.6 Å². The van der Waals surface area contributed by atoms with Gasteiger partial charge in [-0.2, -0.15) is 0 Å². The zero-order valence-corrected chi connectivity index (χ0v) is 12.9. The monoisotopic (exact) mass is 298 g/mol. The highest BCUT2D eigenvalue weighted by atomic mass is 16.7. The number of phenolic OH excluding ortho intramolecular Hbond substituents is 1. The maximum absolute atomic E-state index is 10.8. The number of hydrogen-bond acceptors (Lipinski definition) is 5. The van der Waals surface area contributed by atoms with Crippen LogP contribution >= 0.6 is 0 Å². The molecule has 0 saturated heterocycles. The predicted molar refractivity (Wildman–Crippen MR) is 77.8 cm³/mol. The molecule has 0 radical (unpaired) electrons. The topological polar surface area (TPSA) is 85.2 Å². The quantitative estimate of drug-likeness (QED) is 0.590. The molecule has 0 saturated carbocycles. The average Bonchev–Trinajstić information content (AvgIpc) is 2.44. The second kappa shape index (κ2) is 7.61. The fraction of sp³-hybridized carbons (Fsp3) is 0.533. The highest BCUT2D eigenvalue weighted by molar-refractivity contribution is 5.70. The molecule has 0 aliphatic heterocycles. The molecule has 0 atom stereocenters. The van der Waals surface area contributed by atoms with Gasteiger partial charge in [0.2, 0.25) is 0 Å². The van der Waals surface area contributed by atoms with E-state index in [1.54, 1.807) is 13.8 Å². The molecule has 0 fully saturated rings. The number of phenols is 1. The summed E-state index contributed by atoms with van der Waals surface area (Å²) >= 11 is 0. The van der Waals surface area contributed by atoms with E-state index in [4.69, 9.17) is 14.6 Å². The van der Waals surface area contributed by atoms with Crippen LogP contribution in [0, 0.1) is 13.8 Å². The molecule has 0 amide bonds. The van der Waals surface area contributed by atoms with E-state index in [-0.39, 0.29) is 11.5 Å². The van der Waals surface area contributed by atoms with E-state index >= 15 is 0 Å². The first-order valence-electron chi connectivity index (χ1n) is 6.96. The van der Waals surface area contributed by atoms with Crippen molar-refractivity contribution < 1.29 is 29.2 Å². The third-order valence-corrected chi connectivity index (χ3v) is 2.89. The van der Waals surface area contributed by atoms with Crippen LogP contribution in [0.3, 0.4) is 0 Å². The van der Waals surface area contributed by atoms with Gasteiger partial charge in [0.1, 0.15) is 0 Å². The van der Waals surface area contributed by atoms with Crippen LogP contribution in [0.25, 0.3) is 0 Å². The smallest absolute Gasteiger partial charge is 0.504 e. The van der Waals surface area contributed by atoms with Crippen molar-refractivity contribution in [3.63, 3.8) is 0 Å². The Morgan fingerprint density at radius 2 is 1.43 bits per heavy atom. The van der Waals surface area contributed by atoms with Crippen LogP contribution in [0.15, 0.2) is 0 Å². The summed E-state index contributed by atoms with van der Waals surface area (Å²) < 4.78 is 16.0. The molecular formula is C15H22O6. The summed E-state index contributed by atoms with van der Waals surface area (Å²) in [7, 11) is 0. The summed E-state index contributed by atoms with van der Waals surface area (Å²) in [6.45, 7) is 8.12. The number of carboxylic acid groups (broad SMARTS) is 1. The third-order valence-electron chi connectivity index (χ3n) is 2.89. The van der Waals surface area contributed by atoms with Crippen LogP contribution in [-0.2, 0) is 0 Å². The van der Waals surface area contributed by atoms with Crippen molar-refractivity contribution in [2.75, 3.05) is 13.2 Å². The minimum atomic E-state index is -1.49. The SMILES string of the molecule is CCCOc1c(C)c(O)c(OC(=O)O)c(C)c1OCCC. The van der Waals surface area contributed by atoms with E-state index in [0.29, 0.717) is 35.8 Å². The van der Waals surface area contributed by atoms with E-state index in [0.717, 1.165) is 12.8 Å². The van der Waals surface area contributed by atoms with Crippen LogP contribution in [0.4, 0.5) is 4.79 Å². The lowest BCUT2D eigenvalue weighted by Gasteiger charge is -2.20. The Labute approximate surface area is 124 Å². The number of ether oxygens (including phenoxy) is 3. The Balaban J connectivity index is 3.38. The first kappa shape index (κ1) is 16.9. The number of carbonyl (C=O) groups is 1. The van der Waals surface area contributed by atoms with Crippen molar-refractivity contribution in [2.45, 2.75) is 40.5 Å². The van der Waals surface area contributed by atoms with Gasteiger partial charge in [-0.1, -0.05) is 13.8 Å². The van der Waals surface area contributed by atoms with Gasteiger partial charge in [-0.3, -0.25) is 0 Å². The van der Waals surface area contributed by atoms with Gasteiger partial charge in [0.25, 0.3) is 0 Å². The van der Waals surface area contributed by atoms with Gasteiger partial charge in [-0.05, 0) is 26.7 Å². The third kappa shape index (κ3) is 3.93. The Morgan fingerprint density at radius 1 is 0.952 bits per heavy atom. The maximum atomic E-state index is 10.8. The first-order valence-corrected chi connectivity index (χ1v) is 6.96.